The van der Waals surface area contributed by atoms with E-state index in [1.54, 1.807) is 4.90 Å². The maximum Gasteiger partial charge on any atom is 0.227 e. The molecule has 1 N–H and O–H groups in total. The maximum atomic E-state index is 12.4. The second kappa shape index (κ2) is 6.61. The van der Waals surface area contributed by atoms with Crippen LogP contribution in [-0.2, 0) is 34.1 Å². The average molecular weight is 336 g/mol. The van der Waals surface area contributed by atoms with Gasteiger partial charge in [0, 0.05) is 19.1 Å². The molecule has 1 aromatic rings. The summed E-state index contributed by atoms with van der Waals surface area (Å²) in [5.74, 6) is 0.0820. The van der Waals surface area contributed by atoms with Crippen LogP contribution in [0.15, 0.2) is 18.2 Å². The molecule has 23 heavy (non-hydrogen) atoms. The zero-order valence-electron chi connectivity index (χ0n) is 13.5. The van der Waals surface area contributed by atoms with Crippen molar-refractivity contribution in [3.05, 3.63) is 34.9 Å². The molecule has 6 heteroatoms. The molecule has 2 aliphatic rings. The number of carbonyl (C=O) groups excluding carboxylic acids is 1. The van der Waals surface area contributed by atoms with Crippen molar-refractivity contribution >= 4 is 15.9 Å². The molecule has 1 aliphatic carbocycles. The van der Waals surface area contributed by atoms with Crippen LogP contribution in [0.5, 0.6) is 0 Å². The lowest BCUT2D eigenvalue weighted by molar-refractivity contribution is -0.129. The highest BCUT2D eigenvalue weighted by molar-refractivity contribution is 7.88. The molecule has 0 bridgehead atoms. The van der Waals surface area contributed by atoms with Gasteiger partial charge in [0.25, 0.3) is 0 Å². The largest absolute Gasteiger partial charge is 0.341 e. The summed E-state index contributed by atoms with van der Waals surface area (Å²) in [6.07, 6.45) is 6.99. The van der Waals surface area contributed by atoms with Crippen LogP contribution in [0.2, 0.25) is 0 Å². The highest BCUT2D eigenvalue weighted by Crippen LogP contribution is 2.23. The van der Waals surface area contributed by atoms with Gasteiger partial charge in [-0.15, -0.1) is 0 Å². The van der Waals surface area contributed by atoms with Gasteiger partial charge < -0.3 is 4.90 Å². The summed E-state index contributed by atoms with van der Waals surface area (Å²) in [4.78, 5) is 14.2. The second-order valence-corrected chi connectivity index (χ2v) is 8.48. The Labute approximate surface area is 138 Å². The standard InChI is InChI=1S/C17H24N2O3S/c1-23(21,22)18-16-8-9-19(12-16)17(20)11-13-6-7-14-4-2-3-5-15(14)10-13/h6-7,10,16,18H,2-5,8-9,11-12H2,1H3/t16-/m1/s1. The highest BCUT2D eigenvalue weighted by Gasteiger charge is 2.28. The van der Waals surface area contributed by atoms with Crippen LogP contribution >= 0.6 is 0 Å². The fraction of sp³-hybridized carbons (Fsp3) is 0.588. The number of hydrogen-bond donors (Lipinski definition) is 1. The topological polar surface area (TPSA) is 66.5 Å². The van der Waals surface area contributed by atoms with Crippen molar-refractivity contribution in [2.45, 2.75) is 44.6 Å². The van der Waals surface area contributed by atoms with E-state index in [-0.39, 0.29) is 11.9 Å². The Bertz CT molecular complexity index is 700. The van der Waals surface area contributed by atoms with E-state index in [4.69, 9.17) is 0 Å². The van der Waals surface area contributed by atoms with E-state index >= 15 is 0 Å². The van der Waals surface area contributed by atoms with Crippen molar-refractivity contribution in [1.29, 1.82) is 0 Å². The van der Waals surface area contributed by atoms with E-state index in [9.17, 15) is 13.2 Å². The predicted octanol–water partition coefficient (Wildman–Crippen LogP) is 1.26. The minimum Gasteiger partial charge on any atom is -0.341 e. The van der Waals surface area contributed by atoms with Gasteiger partial charge in [-0.3, -0.25) is 4.79 Å². The van der Waals surface area contributed by atoms with Gasteiger partial charge in [-0.25, -0.2) is 13.1 Å². The molecule has 1 amide bonds. The quantitative estimate of drug-likeness (QED) is 0.900. The number of benzene rings is 1. The normalized spacial score (nSPS) is 21.3. The smallest absolute Gasteiger partial charge is 0.227 e. The Hall–Kier alpha value is -1.40. The van der Waals surface area contributed by atoms with Gasteiger partial charge >= 0.3 is 0 Å². The maximum absolute atomic E-state index is 12.4. The first-order chi connectivity index (χ1) is 10.9. The summed E-state index contributed by atoms with van der Waals surface area (Å²) in [5, 5.41) is 0. The number of carbonyl (C=O) groups is 1. The Morgan fingerprint density at radius 3 is 2.74 bits per heavy atom. The third-order valence-electron chi connectivity index (χ3n) is 4.69. The average Bonchev–Trinajstić information content (AvgIpc) is 2.93. The second-order valence-electron chi connectivity index (χ2n) is 6.70. The zero-order chi connectivity index (χ0) is 16.4. The van der Waals surface area contributed by atoms with Gasteiger partial charge in [0.15, 0.2) is 0 Å². The van der Waals surface area contributed by atoms with Gasteiger partial charge in [0.05, 0.1) is 12.7 Å². The SMILES string of the molecule is CS(=O)(=O)N[C@@H]1CCN(C(=O)Cc2ccc3c(c2)CCCC3)C1. The first kappa shape index (κ1) is 16.5. The van der Waals surface area contributed by atoms with Crippen LogP contribution in [0.1, 0.15) is 36.0 Å². The number of amides is 1. The van der Waals surface area contributed by atoms with Crippen LogP contribution in [-0.4, -0.2) is 44.6 Å². The van der Waals surface area contributed by atoms with E-state index in [0.29, 0.717) is 25.9 Å². The monoisotopic (exact) mass is 336 g/mol. The van der Waals surface area contributed by atoms with E-state index in [1.165, 1.54) is 24.0 Å². The Morgan fingerprint density at radius 1 is 1.26 bits per heavy atom. The van der Waals surface area contributed by atoms with Crippen LogP contribution in [0.3, 0.4) is 0 Å². The van der Waals surface area contributed by atoms with Gasteiger partial charge in [0.2, 0.25) is 15.9 Å². The number of nitrogens with zero attached hydrogens (tertiary/aromatic N) is 1. The molecule has 0 aromatic heterocycles. The Balaban J connectivity index is 1.59. The van der Waals surface area contributed by atoms with Crippen molar-refractivity contribution in [3.63, 3.8) is 0 Å². The molecule has 0 spiro atoms. The molecule has 1 heterocycles. The molecule has 3 rings (SSSR count). The van der Waals surface area contributed by atoms with E-state index in [2.05, 4.69) is 22.9 Å². The number of aryl methyl sites for hydroxylation is 2. The van der Waals surface area contributed by atoms with Gasteiger partial charge in [0.1, 0.15) is 0 Å². The number of rotatable bonds is 4. The number of sulfonamides is 1. The van der Waals surface area contributed by atoms with Crippen LogP contribution in [0, 0.1) is 0 Å². The third-order valence-corrected chi connectivity index (χ3v) is 5.45. The first-order valence-corrected chi connectivity index (χ1v) is 10.2. The number of likely N-dealkylation sites (tertiary alicyclic amines) is 1. The van der Waals surface area contributed by atoms with Gasteiger partial charge in [-0.1, -0.05) is 18.2 Å². The summed E-state index contributed by atoms with van der Waals surface area (Å²) in [6, 6.07) is 6.24. The fourth-order valence-corrected chi connectivity index (χ4v) is 4.37. The van der Waals surface area contributed by atoms with Crippen LogP contribution in [0.4, 0.5) is 0 Å². The van der Waals surface area contributed by atoms with E-state index in [0.717, 1.165) is 24.7 Å². The summed E-state index contributed by atoms with van der Waals surface area (Å²) in [7, 11) is -3.21. The lowest BCUT2D eigenvalue weighted by atomic mass is 9.90. The van der Waals surface area contributed by atoms with Crippen molar-refractivity contribution < 1.29 is 13.2 Å². The zero-order valence-corrected chi connectivity index (χ0v) is 14.4. The van der Waals surface area contributed by atoms with Crippen molar-refractivity contribution in [3.8, 4) is 0 Å². The highest BCUT2D eigenvalue weighted by atomic mass is 32.2. The molecule has 1 atom stereocenters. The lowest BCUT2D eigenvalue weighted by Gasteiger charge is -2.19. The summed E-state index contributed by atoms with van der Waals surface area (Å²) >= 11 is 0. The summed E-state index contributed by atoms with van der Waals surface area (Å²) in [6.45, 7) is 1.09. The van der Waals surface area contributed by atoms with E-state index in [1.807, 2.05) is 0 Å². The molecule has 1 aromatic carbocycles. The van der Waals surface area contributed by atoms with Crippen LogP contribution < -0.4 is 4.72 Å². The first-order valence-electron chi connectivity index (χ1n) is 8.26. The molecule has 5 nitrogen and oxygen atoms in total. The molecular weight excluding hydrogens is 312 g/mol. The molecule has 0 unspecified atom stereocenters. The van der Waals surface area contributed by atoms with Crippen LogP contribution in [0.25, 0.3) is 0 Å². The molecule has 0 radical (unpaired) electrons. The summed E-state index contributed by atoms with van der Waals surface area (Å²) < 4.78 is 25.1. The Kier molecular flexibility index (Phi) is 4.73. The van der Waals surface area contributed by atoms with Crippen molar-refractivity contribution in [2.24, 2.45) is 0 Å². The summed E-state index contributed by atoms with van der Waals surface area (Å²) in [5.41, 5.74) is 3.88. The van der Waals surface area contributed by atoms with Gasteiger partial charge in [-0.05, 0) is 48.8 Å². The number of fused-ring (bicyclic) bond motifs is 1. The molecular formula is C17H24N2O3S. The fourth-order valence-electron chi connectivity index (χ4n) is 3.57. The van der Waals surface area contributed by atoms with E-state index < -0.39 is 10.0 Å². The predicted molar refractivity (Wildman–Crippen MR) is 89.8 cm³/mol. The molecule has 1 fully saturated rings. The molecule has 1 saturated heterocycles. The molecule has 1 aliphatic heterocycles. The lowest BCUT2D eigenvalue weighted by Crippen LogP contribution is -2.38. The Morgan fingerprint density at radius 2 is 2.00 bits per heavy atom. The minimum absolute atomic E-state index is 0.0820. The number of nitrogens with one attached hydrogen (secondary N) is 1. The third kappa shape index (κ3) is 4.32. The molecule has 0 saturated carbocycles. The van der Waals surface area contributed by atoms with Crippen molar-refractivity contribution in [1.82, 2.24) is 9.62 Å². The molecule has 126 valence electrons. The van der Waals surface area contributed by atoms with Crippen molar-refractivity contribution in [2.75, 3.05) is 19.3 Å². The number of hydrogen-bond acceptors (Lipinski definition) is 3. The van der Waals surface area contributed by atoms with Gasteiger partial charge in [-0.2, -0.15) is 0 Å². The minimum atomic E-state index is -3.21.